The van der Waals surface area contributed by atoms with E-state index >= 15 is 4.39 Å². The Morgan fingerprint density at radius 3 is 2.47 bits per heavy atom. The van der Waals surface area contributed by atoms with Crippen molar-refractivity contribution in [1.29, 1.82) is 0 Å². The first-order chi connectivity index (χ1) is 17.1. The summed E-state index contributed by atoms with van der Waals surface area (Å²) in [5.74, 6) is 0.657. The molecule has 1 atom stereocenters. The van der Waals surface area contributed by atoms with Crippen molar-refractivity contribution in [2.75, 3.05) is 51.3 Å². The lowest BCUT2D eigenvalue weighted by atomic mass is 10.1. The number of rotatable bonds is 5. The third kappa shape index (κ3) is 5.39. The first kappa shape index (κ1) is 25.4. The molecule has 5 rings (SSSR count). The van der Waals surface area contributed by atoms with Crippen molar-refractivity contribution in [3.63, 3.8) is 0 Å². The highest BCUT2D eigenvalue weighted by atomic mass is 79.9. The zero-order valence-electron chi connectivity index (χ0n) is 21.5. The lowest BCUT2D eigenvalue weighted by Crippen LogP contribution is -2.50. The van der Waals surface area contributed by atoms with Crippen molar-refractivity contribution in [3.8, 4) is 6.01 Å². The number of anilines is 1. The number of hydrogen-bond donors (Lipinski definition) is 0. The molecule has 1 aromatic heterocycles. The number of carbonyl (C=O) groups is 1. The van der Waals surface area contributed by atoms with E-state index in [0.29, 0.717) is 60.4 Å². The van der Waals surface area contributed by atoms with Crippen molar-refractivity contribution < 1.29 is 18.7 Å². The monoisotopic (exact) mass is 563 g/mol. The topological polar surface area (TPSA) is 71.0 Å². The van der Waals surface area contributed by atoms with E-state index in [4.69, 9.17) is 14.5 Å². The number of nitrogens with zero attached hydrogens (tertiary/aromatic N) is 5. The van der Waals surface area contributed by atoms with Gasteiger partial charge in [-0.2, -0.15) is 9.97 Å². The molecule has 0 bridgehead atoms. The third-order valence-electron chi connectivity index (χ3n) is 7.18. The van der Waals surface area contributed by atoms with E-state index in [-0.39, 0.29) is 23.4 Å². The number of likely N-dealkylation sites (tertiary alicyclic amines) is 1. The normalized spacial score (nSPS) is 21.3. The van der Waals surface area contributed by atoms with Crippen LogP contribution in [0.1, 0.15) is 57.9 Å². The predicted molar refractivity (Wildman–Crippen MR) is 140 cm³/mol. The molecule has 3 aliphatic rings. The molecular formula is C26H35BrFN5O3. The molecule has 2 saturated heterocycles. The minimum Gasteiger partial charge on any atom is -0.462 e. The molecule has 0 N–H and O–H groups in total. The molecule has 10 heteroatoms. The number of piperazine rings is 1. The molecule has 2 aliphatic heterocycles. The van der Waals surface area contributed by atoms with Gasteiger partial charge in [0.2, 0.25) is 0 Å². The van der Waals surface area contributed by atoms with Crippen LogP contribution < -0.4 is 9.64 Å². The highest BCUT2D eigenvalue weighted by Crippen LogP contribution is 2.46. The molecule has 0 radical (unpaired) electrons. The Bertz CT molecular complexity index is 1140. The summed E-state index contributed by atoms with van der Waals surface area (Å²) in [5.41, 5.74) is 0.694. The Balaban J connectivity index is 1.44. The number of fused-ring (bicyclic) bond motifs is 1. The summed E-state index contributed by atoms with van der Waals surface area (Å²) in [6.45, 7) is 9.23. The summed E-state index contributed by atoms with van der Waals surface area (Å²) in [7, 11) is 2.09. The maximum atomic E-state index is 15.6. The Morgan fingerprint density at radius 2 is 1.86 bits per heavy atom. The summed E-state index contributed by atoms with van der Waals surface area (Å²) in [6, 6.07) is 2.53. The smallest absolute Gasteiger partial charge is 0.410 e. The van der Waals surface area contributed by atoms with Crippen LogP contribution in [0.3, 0.4) is 0 Å². The SMILES string of the molecule is CN1CCC[C@H]1COc1nc(N2CCN(C(=O)OC(C)(C)C)CC2)c2cc(C3CC3)c(Br)c(F)c2n1. The van der Waals surface area contributed by atoms with Gasteiger partial charge in [-0.1, -0.05) is 0 Å². The van der Waals surface area contributed by atoms with Crippen LogP contribution in [0.5, 0.6) is 6.01 Å². The Hall–Kier alpha value is -2.20. The average molecular weight is 565 g/mol. The highest BCUT2D eigenvalue weighted by Gasteiger charge is 2.32. The molecule has 36 heavy (non-hydrogen) atoms. The molecule has 0 unspecified atom stereocenters. The third-order valence-corrected chi connectivity index (χ3v) is 7.99. The molecule has 3 heterocycles. The minimum atomic E-state index is -0.541. The summed E-state index contributed by atoms with van der Waals surface area (Å²) < 4.78 is 27.7. The molecule has 8 nitrogen and oxygen atoms in total. The number of amides is 1. The number of aromatic nitrogens is 2. The molecule has 1 saturated carbocycles. The van der Waals surface area contributed by atoms with Crippen molar-refractivity contribution in [1.82, 2.24) is 19.8 Å². The van der Waals surface area contributed by atoms with Crippen LogP contribution in [0.2, 0.25) is 0 Å². The second-order valence-corrected chi connectivity index (χ2v) is 11.9. The largest absolute Gasteiger partial charge is 0.462 e. The summed E-state index contributed by atoms with van der Waals surface area (Å²) in [4.78, 5) is 27.9. The van der Waals surface area contributed by atoms with Crippen molar-refractivity contribution >= 4 is 38.7 Å². The Labute approximate surface area is 220 Å². The van der Waals surface area contributed by atoms with Gasteiger partial charge in [0.15, 0.2) is 5.82 Å². The van der Waals surface area contributed by atoms with Crippen LogP contribution >= 0.6 is 15.9 Å². The molecule has 2 aromatic rings. The lowest BCUT2D eigenvalue weighted by molar-refractivity contribution is 0.0240. The van der Waals surface area contributed by atoms with Crippen molar-refractivity contribution in [2.45, 2.75) is 64.0 Å². The second-order valence-electron chi connectivity index (χ2n) is 11.1. The first-order valence-corrected chi connectivity index (χ1v) is 13.7. The van der Waals surface area contributed by atoms with E-state index in [0.717, 1.165) is 37.8 Å². The number of hydrogen-bond acceptors (Lipinski definition) is 7. The summed E-state index contributed by atoms with van der Waals surface area (Å²) in [6.07, 6.45) is 4.01. The van der Waals surface area contributed by atoms with E-state index in [1.807, 2.05) is 26.8 Å². The van der Waals surface area contributed by atoms with Crippen LogP contribution in [0, 0.1) is 5.82 Å². The highest BCUT2D eigenvalue weighted by molar-refractivity contribution is 9.10. The molecule has 1 aromatic carbocycles. The van der Waals surface area contributed by atoms with Crippen LogP contribution in [0.4, 0.5) is 15.0 Å². The Morgan fingerprint density at radius 1 is 1.14 bits per heavy atom. The van der Waals surface area contributed by atoms with E-state index in [9.17, 15) is 4.79 Å². The molecule has 1 amide bonds. The summed E-state index contributed by atoms with van der Waals surface area (Å²) in [5, 5.41) is 0.689. The summed E-state index contributed by atoms with van der Waals surface area (Å²) >= 11 is 3.48. The molecule has 196 valence electrons. The zero-order chi connectivity index (χ0) is 25.6. The average Bonchev–Trinajstić information content (AvgIpc) is 3.59. The van der Waals surface area contributed by atoms with E-state index in [1.54, 1.807) is 4.90 Å². The van der Waals surface area contributed by atoms with Gasteiger partial charge in [0, 0.05) is 37.6 Å². The van der Waals surface area contributed by atoms with E-state index in [1.165, 1.54) is 0 Å². The fourth-order valence-corrected chi connectivity index (χ4v) is 5.60. The van der Waals surface area contributed by atoms with Gasteiger partial charge in [-0.05, 0) is 93.5 Å². The minimum absolute atomic E-state index is 0.192. The number of likely N-dealkylation sites (N-methyl/N-ethyl adjacent to an activating group) is 1. The van der Waals surface area contributed by atoms with Gasteiger partial charge in [0.25, 0.3) is 0 Å². The maximum Gasteiger partial charge on any atom is 0.410 e. The molecule has 0 spiro atoms. The van der Waals surface area contributed by atoms with Gasteiger partial charge < -0.3 is 24.2 Å². The Kier molecular flexibility index (Phi) is 7.02. The van der Waals surface area contributed by atoms with Crippen LogP contribution in [-0.2, 0) is 4.74 Å². The maximum absolute atomic E-state index is 15.6. The van der Waals surface area contributed by atoms with Gasteiger partial charge in [0.05, 0.1) is 4.47 Å². The van der Waals surface area contributed by atoms with Gasteiger partial charge in [-0.15, -0.1) is 0 Å². The van der Waals surface area contributed by atoms with Crippen molar-refractivity contribution in [3.05, 3.63) is 21.9 Å². The molecule has 1 aliphatic carbocycles. The van der Waals surface area contributed by atoms with Crippen LogP contribution in [0.25, 0.3) is 10.9 Å². The van der Waals surface area contributed by atoms with Crippen molar-refractivity contribution in [2.24, 2.45) is 0 Å². The van der Waals surface area contributed by atoms with Gasteiger partial charge in [-0.25, -0.2) is 9.18 Å². The number of carbonyl (C=O) groups excluding carboxylic acids is 1. The molecule has 3 fully saturated rings. The first-order valence-electron chi connectivity index (χ1n) is 12.9. The zero-order valence-corrected chi connectivity index (χ0v) is 23.1. The van der Waals surface area contributed by atoms with E-state index < -0.39 is 5.60 Å². The van der Waals surface area contributed by atoms with Crippen LogP contribution in [-0.4, -0.2) is 83.9 Å². The predicted octanol–water partition coefficient (Wildman–Crippen LogP) is 4.94. The fraction of sp³-hybridized carbons (Fsp3) is 0.654. The number of benzene rings is 1. The fourth-order valence-electron chi connectivity index (χ4n) is 4.97. The number of ether oxygens (including phenoxy) is 2. The standard InChI is InChI=1S/C26H35BrFN5O3/c1-26(2,3)36-25(34)33-12-10-32(11-13-33)23-19-14-18(16-7-8-16)20(27)21(28)22(19)29-24(30-23)35-15-17-6-5-9-31(17)4/h14,16-17H,5-13,15H2,1-4H3/t17-/m0/s1. The van der Waals surface area contributed by atoms with E-state index in [2.05, 4.69) is 37.8 Å². The molecular weight excluding hydrogens is 529 g/mol. The van der Waals surface area contributed by atoms with Gasteiger partial charge in [-0.3, -0.25) is 0 Å². The lowest BCUT2D eigenvalue weighted by Gasteiger charge is -2.36. The quantitative estimate of drug-likeness (QED) is 0.510. The second kappa shape index (κ2) is 9.93. The van der Waals surface area contributed by atoms with Crippen LogP contribution in [0.15, 0.2) is 10.5 Å². The van der Waals surface area contributed by atoms with Gasteiger partial charge in [0.1, 0.15) is 23.5 Å². The van der Waals surface area contributed by atoms with Gasteiger partial charge >= 0.3 is 12.1 Å². The number of halogens is 2.